The first-order chi connectivity index (χ1) is 12.2. The van der Waals surface area contributed by atoms with Crippen molar-refractivity contribution < 1.29 is 13.2 Å². The van der Waals surface area contributed by atoms with Crippen molar-refractivity contribution in [2.75, 3.05) is 6.26 Å². The quantitative estimate of drug-likeness (QED) is 0.850. The number of carbonyl (C=O) groups excluding carboxylic acids is 1. The Morgan fingerprint density at radius 2 is 1.58 bits per heavy atom. The van der Waals surface area contributed by atoms with Gasteiger partial charge in [-0.3, -0.25) is 4.79 Å². The Labute approximate surface area is 156 Å². The second-order valence-corrected chi connectivity index (χ2v) is 11.2. The molecule has 1 atom stereocenters. The summed E-state index contributed by atoms with van der Waals surface area (Å²) in [4.78, 5) is 13.0. The average molecular weight is 376 g/mol. The second kappa shape index (κ2) is 6.36. The molecule has 1 unspecified atom stereocenters. The lowest BCUT2D eigenvalue weighted by Gasteiger charge is -2.56. The highest BCUT2D eigenvalue weighted by atomic mass is 32.2. The molecule has 0 aliphatic heterocycles. The molecule has 142 valence electrons. The van der Waals surface area contributed by atoms with Gasteiger partial charge in [0.15, 0.2) is 9.84 Å². The standard InChI is InChI=1S/C21H29NO3S/c1-14(18-3-5-19(6-4-18)26(2,24)25)22-20(23)13-21-10-15-7-16(11-21)9-17(8-15)12-21/h3-6,14-17H,7-13H2,1-2H3,(H,22,23). The number of carbonyl (C=O) groups is 1. The Morgan fingerprint density at radius 1 is 1.08 bits per heavy atom. The normalized spacial score (nSPS) is 33.8. The highest BCUT2D eigenvalue weighted by molar-refractivity contribution is 7.90. The molecule has 0 saturated heterocycles. The van der Waals surface area contributed by atoms with Gasteiger partial charge in [0, 0.05) is 12.7 Å². The molecule has 1 aromatic carbocycles. The third-order valence-electron chi connectivity index (χ3n) is 6.89. The molecule has 4 aliphatic rings. The van der Waals surface area contributed by atoms with E-state index < -0.39 is 9.84 Å². The summed E-state index contributed by atoms with van der Waals surface area (Å²) < 4.78 is 23.1. The highest BCUT2D eigenvalue weighted by Gasteiger charge is 2.51. The number of nitrogens with one attached hydrogen (secondary N) is 1. The lowest BCUT2D eigenvalue weighted by molar-refractivity contribution is -0.130. The molecule has 0 spiro atoms. The number of rotatable bonds is 5. The van der Waals surface area contributed by atoms with E-state index in [2.05, 4.69) is 5.32 Å². The van der Waals surface area contributed by atoms with Crippen molar-refractivity contribution in [3.8, 4) is 0 Å². The molecular weight excluding hydrogens is 346 g/mol. The lowest BCUT2D eigenvalue weighted by atomic mass is 9.49. The van der Waals surface area contributed by atoms with Crippen molar-refractivity contribution in [1.82, 2.24) is 5.32 Å². The van der Waals surface area contributed by atoms with Gasteiger partial charge in [-0.15, -0.1) is 0 Å². The molecule has 0 aromatic heterocycles. The zero-order valence-corrected chi connectivity index (χ0v) is 16.5. The van der Waals surface area contributed by atoms with Crippen LogP contribution in [-0.4, -0.2) is 20.6 Å². The maximum atomic E-state index is 12.7. The predicted octanol–water partition coefficient (Wildman–Crippen LogP) is 3.87. The predicted molar refractivity (Wildman–Crippen MR) is 101 cm³/mol. The summed E-state index contributed by atoms with van der Waals surface area (Å²) in [5.74, 6) is 2.71. The molecule has 4 fully saturated rings. The van der Waals surface area contributed by atoms with Crippen molar-refractivity contribution in [2.24, 2.45) is 23.2 Å². The summed E-state index contributed by atoms with van der Waals surface area (Å²) in [6, 6.07) is 6.72. The van der Waals surface area contributed by atoms with Gasteiger partial charge in [-0.25, -0.2) is 8.42 Å². The Kier molecular flexibility index (Phi) is 4.41. The van der Waals surface area contributed by atoms with Gasteiger partial charge in [-0.1, -0.05) is 12.1 Å². The summed E-state index contributed by atoms with van der Waals surface area (Å²) in [5, 5.41) is 3.14. The summed E-state index contributed by atoms with van der Waals surface area (Å²) in [6.45, 7) is 1.97. The third kappa shape index (κ3) is 3.55. The van der Waals surface area contributed by atoms with Gasteiger partial charge in [0.2, 0.25) is 5.91 Å². The number of sulfone groups is 1. The maximum absolute atomic E-state index is 12.7. The fraction of sp³-hybridized carbons (Fsp3) is 0.667. The van der Waals surface area contributed by atoms with E-state index in [-0.39, 0.29) is 17.4 Å². The van der Waals surface area contributed by atoms with E-state index in [0.29, 0.717) is 11.3 Å². The number of benzene rings is 1. The minimum absolute atomic E-state index is 0.106. The van der Waals surface area contributed by atoms with Gasteiger partial charge in [-0.05, 0) is 86.3 Å². The van der Waals surface area contributed by atoms with Crippen LogP contribution in [0, 0.1) is 23.2 Å². The van der Waals surface area contributed by atoms with E-state index in [9.17, 15) is 13.2 Å². The summed E-state index contributed by atoms with van der Waals surface area (Å²) >= 11 is 0. The van der Waals surface area contributed by atoms with Crippen LogP contribution in [0.1, 0.15) is 63.5 Å². The number of hydrogen-bond donors (Lipinski definition) is 1. The lowest BCUT2D eigenvalue weighted by Crippen LogP contribution is -2.48. The zero-order valence-electron chi connectivity index (χ0n) is 15.7. The SMILES string of the molecule is CC(NC(=O)CC12CC3CC(CC(C3)C1)C2)c1ccc(S(C)(=O)=O)cc1. The third-order valence-corrected chi connectivity index (χ3v) is 8.01. The van der Waals surface area contributed by atoms with Crippen molar-refractivity contribution in [3.63, 3.8) is 0 Å². The maximum Gasteiger partial charge on any atom is 0.221 e. The van der Waals surface area contributed by atoms with Crippen LogP contribution in [-0.2, 0) is 14.6 Å². The minimum Gasteiger partial charge on any atom is -0.350 e. The van der Waals surface area contributed by atoms with Crippen LogP contribution in [0.25, 0.3) is 0 Å². The Balaban J connectivity index is 1.39. The summed E-state index contributed by atoms with van der Waals surface area (Å²) in [7, 11) is -3.19. The zero-order chi connectivity index (χ0) is 18.5. The van der Waals surface area contributed by atoms with Crippen molar-refractivity contribution in [1.29, 1.82) is 0 Å². The van der Waals surface area contributed by atoms with Crippen LogP contribution in [0.4, 0.5) is 0 Å². The second-order valence-electron chi connectivity index (χ2n) is 9.22. The van der Waals surface area contributed by atoms with Gasteiger partial charge in [0.1, 0.15) is 0 Å². The fourth-order valence-corrected chi connectivity index (χ4v) is 6.86. The first-order valence-corrected chi connectivity index (χ1v) is 11.7. The van der Waals surface area contributed by atoms with Crippen LogP contribution in [0.2, 0.25) is 0 Å². The Hall–Kier alpha value is -1.36. The molecule has 4 aliphatic carbocycles. The highest BCUT2D eigenvalue weighted by Crippen LogP contribution is 2.61. The van der Waals surface area contributed by atoms with Crippen molar-refractivity contribution in [3.05, 3.63) is 29.8 Å². The van der Waals surface area contributed by atoms with E-state index in [4.69, 9.17) is 0 Å². The molecule has 1 amide bonds. The van der Waals surface area contributed by atoms with Gasteiger partial charge in [-0.2, -0.15) is 0 Å². The molecule has 0 heterocycles. The number of amides is 1. The topological polar surface area (TPSA) is 63.2 Å². The van der Waals surface area contributed by atoms with Crippen molar-refractivity contribution in [2.45, 2.75) is 62.8 Å². The molecule has 4 nitrogen and oxygen atoms in total. The monoisotopic (exact) mass is 375 g/mol. The first kappa shape index (κ1) is 18.0. The molecule has 5 rings (SSSR count). The molecule has 4 saturated carbocycles. The molecular formula is C21H29NO3S. The largest absolute Gasteiger partial charge is 0.350 e. The van der Waals surface area contributed by atoms with Gasteiger partial charge >= 0.3 is 0 Å². The van der Waals surface area contributed by atoms with E-state index in [1.54, 1.807) is 24.3 Å². The fourth-order valence-electron chi connectivity index (χ4n) is 6.23. The Bertz CT molecular complexity index is 762. The van der Waals surface area contributed by atoms with Gasteiger partial charge < -0.3 is 5.32 Å². The van der Waals surface area contributed by atoms with Crippen LogP contribution < -0.4 is 5.32 Å². The van der Waals surface area contributed by atoms with E-state index in [1.807, 2.05) is 6.92 Å². The smallest absolute Gasteiger partial charge is 0.221 e. The van der Waals surface area contributed by atoms with Crippen LogP contribution in [0.5, 0.6) is 0 Å². The first-order valence-electron chi connectivity index (χ1n) is 9.82. The average Bonchev–Trinajstić information content (AvgIpc) is 2.52. The molecule has 1 N–H and O–H groups in total. The Morgan fingerprint density at radius 3 is 2.04 bits per heavy atom. The summed E-state index contributed by atoms with van der Waals surface area (Å²) in [6.07, 6.45) is 9.76. The van der Waals surface area contributed by atoms with E-state index in [0.717, 1.165) is 23.3 Å². The summed E-state index contributed by atoms with van der Waals surface area (Å²) in [5.41, 5.74) is 1.19. The van der Waals surface area contributed by atoms with Gasteiger partial charge in [0.05, 0.1) is 10.9 Å². The van der Waals surface area contributed by atoms with E-state index >= 15 is 0 Å². The molecule has 0 radical (unpaired) electrons. The minimum atomic E-state index is -3.19. The molecule has 26 heavy (non-hydrogen) atoms. The molecule has 4 bridgehead atoms. The van der Waals surface area contributed by atoms with Gasteiger partial charge in [0.25, 0.3) is 0 Å². The van der Waals surface area contributed by atoms with Crippen molar-refractivity contribution >= 4 is 15.7 Å². The van der Waals surface area contributed by atoms with Crippen LogP contribution >= 0.6 is 0 Å². The molecule has 5 heteroatoms. The molecule has 1 aromatic rings. The van der Waals surface area contributed by atoms with Crippen LogP contribution in [0.3, 0.4) is 0 Å². The van der Waals surface area contributed by atoms with E-state index in [1.165, 1.54) is 44.8 Å². The number of hydrogen-bond acceptors (Lipinski definition) is 3. The van der Waals surface area contributed by atoms with Crippen LogP contribution in [0.15, 0.2) is 29.2 Å².